The number of rotatable bonds is 5. The molecule has 7 heteroatoms. The number of nitrogens with zero attached hydrogens (tertiary/aromatic N) is 2. The maximum atomic E-state index is 13.0. The summed E-state index contributed by atoms with van der Waals surface area (Å²) in [6.07, 6.45) is 0.977. The van der Waals surface area contributed by atoms with Gasteiger partial charge in [-0.05, 0) is 43.7 Å². The van der Waals surface area contributed by atoms with Crippen molar-refractivity contribution in [2.45, 2.75) is 24.8 Å². The third-order valence-electron chi connectivity index (χ3n) is 5.00. The van der Waals surface area contributed by atoms with Gasteiger partial charge < -0.3 is 14.5 Å². The van der Waals surface area contributed by atoms with E-state index in [-0.39, 0.29) is 16.9 Å². The lowest BCUT2D eigenvalue weighted by atomic mass is 10.1. The quantitative estimate of drug-likeness (QED) is 0.769. The van der Waals surface area contributed by atoms with Crippen LogP contribution in [0.1, 0.15) is 22.8 Å². The topological polar surface area (TPSA) is 66.9 Å². The van der Waals surface area contributed by atoms with E-state index >= 15 is 0 Å². The maximum Gasteiger partial charge on any atom is 0.254 e. The molecule has 1 aliphatic heterocycles. The van der Waals surface area contributed by atoms with Crippen LogP contribution in [0, 0.1) is 6.92 Å². The number of fused-ring (bicyclic) bond motifs is 1. The lowest BCUT2D eigenvalue weighted by molar-refractivity contribution is 0.0708. The van der Waals surface area contributed by atoms with E-state index in [4.69, 9.17) is 4.74 Å². The largest absolute Gasteiger partial charge is 0.485 e. The van der Waals surface area contributed by atoms with Gasteiger partial charge in [-0.15, -0.1) is 0 Å². The standard InChI is InChI=1S/C21H26N2O4S/c1-5-23-14-16(27-20-9-7-6-8-19(20)23)13-22(3)21(24)18-12-17(28(4,25)26)11-10-15(18)2/h6-12,16H,5,13-14H2,1-4H3/t16-/m1/s1. The van der Waals surface area contributed by atoms with Crippen LogP contribution in [0.5, 0.6) is 5.75 Å². The summed E-state index contributed by atoms with van der Waals surface area (Å²) >= 11 is 0. The van der Waals surface area contributed by atoms with Crippen LogP contribution in [0.15, 0.2) is 47.4 Å². The second-order valence-electron chi connectivity index (χ2n) is 7.18. The fraction of sp³-hybridized carbons (Fsp3) is 0.381. The van der Waals surface area contributed by atoms with Crippen LogP contribution in [0.3, 0.4) is 0 Å². The first-order chi connectivity index (χ1) is 13.2. The lowest BCUT2D eigenvalue weighted by Gasteiger charge is -2.37. The number of amides is 1. The molecular formula is C21H26N2O4S. The van der Waals surface area contributed by atoms with Gasteiger partial charge in [-0.1, -0.05) is 18.2 Å². The normalized spacial score (nSPS) is 16.3. The van der Waals surface area contributed by atoms with Crippen molar-refractivity contribution in [3.8, 4) is 5.75 Å². The van der Waals surface area contributed by atoms with E-state index in [2.05, 4.69) is 11.8 Å². The van der Waals surface area contributed by atoms with E-state index < -0.39 is 9.84 Å². The summed E-state index contributed by atoms with van der Waals surface area (Å²) in [5.74, 6) is 0.602. The molecule has 3 rings (SSSR count). The predicted molar refractivity (Wildman–Crippen MR) is 110 cm³/mol. The number of ether oxygens (including phenoxy) is 1. The molecule has 0 aromatic heterocycles. The molecule has 0 spiro atoms. The number of hydrogen-bond donors (Lipinski definition) is 0. The highest BCUT2D eigenvalue weighted by atomic mass is 32.2. The molecule has 28 heavy (non-hydrogen) atoms. The predicted octanol–water partition coefficient (Wildman–Crippen LogP) is 2.76. The summed E-state index contributed by atoms with van der Waals surface area (Å²) in [6.45, 7) is 5.84. The second kappa shape index (κ2) is 7.83. The number of benzene rings is 2. The van der Waals surface area contributed by atoms with Crippen molar-refractivity contribution in [1.29, 1.82) is 0 Å². The van der Waals surface area contributed by atoms with Gasteiger partial charge in [0.05, 0.1) is 23.7 Å². The molecule has 6 nitrogen and oxygen atoms in total. The number of anilines is 1. The number of hydrogen-bond acceptors (Lipinski definition) is 5. The van der Waals surface area contributed by atoms with Crippen molar-refractivity contribution < 1.29 is 17.9 Å². The zero-order valence-corrected chi connectivity index (χ0v) is 17.5. The number of carbonyl (C=O) groups is 1. The Bertz CT molecular complexity index is 988. The Kier molecular flexibility index (Phi) is 5.65. The van der Waals surface area contributed by atoms with Crippen LogP contribution in [-0.4, -0.2) is 58.3 Å². The minimum atomic E-state index is -3.37. The summed E-state index contributed by atoms with van der Waals surface area (Å²) in [5, 5.41) is 0. The van der Waals surface area contributed by atoms with Crippen LogP contribution < -0.4 is 9.64 Å². The molecule has 0 bridgehead atoms. The van der Waals surface area contributed by atoms with Gasteiger partial charge in [0.15, 0.2) is 9.84 Å². The Hall–Kier alpha value is -2.54. The number of aryl methyl sites for hydroxylation is 1. The highest BCUT2D eigenvalue weighted by Crippen LogP contribution is 2.33. The van der Waals surface area contributed by atoms with Gasteiger partial charge in [-0.25, -0.2) is 8.42 Å². The molecule has 1 atom stereocenters. The first kappa shape index (κ1) is 20.2. The minimum absolute atomic E-state index is 0.148. The van der Waals surface area contributed by atoms with Crippen molar-refractivity contribution >= 4 is 21.4 Å². The van der Waals surface area contributed by atoms with E-state index in [0.717, 1.165) is 29.8 Å². The van der Waals surface area contributed by atoms with E-state index in [1.165, 1.54) is 12.1 Å². The molecule has 2 aromatic rings. The van der Waals surface area contributed by atoms with Gasteiger partial charge in [0, 0.05) is 25.4 Å². The molecule has 2 aromatic carbocycles. The molecule has 0 N–H and O–H groups in total. The number of likely N-dealkylation sites (N-methyl/N-ethyl adjacent to an activating group) is 2. The van der Waals surface area contributed by atoms with Crippen molar-refractivity contribution in [2.75, 3.05) is 37.8 Å². The van der Waals surface area contributed by atoms with Gasteiger partial charge in [0.2, 0.25) is 0 Å². The van der Waals surface area contributed by atoms with Gasteiger partial charge in [-0.3, -0.25) is 4.79 Å². The van der Waals surface area contributed by atoms with Gasteiger partial charge in [0.1, 0.15) is 11.9 Å². The highest BCUT2D eigenvalue weighted by molar-refractivity contribution is 7.90. The molecule has 0 fully saturated rings. The third kappa shape index (κ3) is 4.14. The lowest BCUT2D eigenvalue weighted by Crippen LogP contribution is -2.46. The molecule has 0 saturated heterocycles. The van der Waals surface area contributed by atoms with Crippen LogP contribution in [-0.2, 0) is 9.84 Å². The Balaban J connectivity index is 1.79. The molecule has 0 unspecified atom stereocenters. The van der Waals surface area contributed by atoms with Crippen LogP contribution in [0.2, 0.25) is 0 Å². The molecule has 0 radical (unpaired) electrons. The third-order valence-corrected chi connectivity index (χ3v) is 6.11. The van der Waals surface area contributed by atoms with Crippen molar-refractivity contribution in [2.24, 2.45) is 0 Å². The Morgan fingerprint density at radius 3 is 2.64 bits per heavy atom. The molecule has 0 saturated carbocycles. The zero-order valence-electron chi connectivity index (χ0n) is 16.7. The summed E-state index contributed by atoms with van der Waals surface area (Å²) in [7, 11) is -1.66. The van der Waals surface area contributed by atoms with Crippen molar-refractivity contribution in [3.63, 3.8) is 0 Å². The van der Waals surface area contributed by atoms with Crippen LogP contribution in [0.4, 0.5) is 5.69 Å². The molecule has 1 amide bonds. The monoisotopic (exact) mass is 402 g/mol. The van der Waals surface area contributed by atoms with Crippen molar-refractivity contribution in [3.05, 3.63) is 53.6 Å². The fourth-order valence-electron chi connectivity index (χ4n) is 3.43. The zero-order chi connectivity index (χ0) is 20.5. The molecule has 1 heterocycles. The van der Waals surface area contributed by atoms with Crippen LogP contribution in [0.25, 0.3) is 0 Å². The molecule has 0 aliphatic carbocycles. The number of carbonyl (C=O) groups excluding carboxylic acids is 1. The number of para-hydroxylation sites is 2. The fourth-order valence-corrected chi connectivity index (χ4v) is 4.08. The number of sulfone groups is 1. The molecular weight excluding hydrogens is 376 g/mol. The van der Waals surface area contributed by atoms with E-state index in [9.17, 15) is 13.2 Å². The SMILES string of the molecule is CCN1C[C@@H](CN(C)C(=O)c2cc(S(C)(=O)=O)ccc2C)Oc2ccccc21. The minimum Gasteiger partial charge on any atom is -0.485 e. The van der Waals surface area contributed by atoms with E-state index in [1.807, 2.05) is 24.3 Å². The Morgan fingerprint density at radius 2 is 1.96 bits per heavy atom. The second-order valence-corrected chi connectivity index (χ2v) is 9.20. The van der Waals surface area contributed by atoms with Crippen LogP contribution >= 0.6 is 0 Å². The van der Waals surface area contributed by atoms with Gasteiger partial charge >= 0.3 is 0 Å². The van der Waals surface area contributed by atoms with Gasteiger partial charge in [0.25, 0.3) is 5.91 Å². The first-order valence-corrected chi connectivity index (χ1v) is 11.2. The van der Waals surface area contributed by atoms with E-state index in [1.54, 1.807) is 24.9 Å². The Morgan fingerprint density at radius 1 is 1.25 bits per heavy atom. The molecule has 150 valence electrons. The Labute approximate surface area is 166 Å². The smallest absolute Gasteiger partial charge is 0.254 e. The van der Waals surface area contributed by atoms with Crippen molar-refractivity contribution in [1.82, 2.24) is 4.90 Å². The molecule has 1 aliphatic rings. The summed E-state index contributed by atoms with van der Waals surface area (Å²) < 4.78 is 29.8. The summed E-state index contributed by atoms with van der Waals surface area (Å²) in [6, 6.07) is 12.5. The maximum absolute atomic E-state index is 13.0. The summed E-state index contributed by atoms with van der Waals surface area (Å²) in [4.78, 5) is 17.0. The van der Waals surface area contributed by atoms with E-state index in [0.29, 0.717) is 18.7 Å². The summed E-state index contributed by atoms with van der Waals surface area (Å²) in [5.41, 5.74) is 2.20. The van der Waals surface area contributed by atoms with Gasteiger partial charge in [-0.2, -0.15) is 0 Å². The first-order valence-electron chi connectivity index (χ1n) is 9.27. The average molecular weight is 403 g/mol. The average Bonchev–Trinajstić information content (AvgIpc) is 2.66. The highest BCUT2D eigenvalue weighted by Gasteiger charge is 2.27.